The first-order valence-corrected chi connectivity index (χ1v) is 7.47. The Morgan fingerprint density at radius 1 is 1.35 bits per heavy atom. The van der Waals surface area contributed by atoms with Gasteiger partial charge >= 0.3 is 0 Å². The molecule has 0 saturated carbocycles. The van der Waals surface area contributed by atoms with E-state index in [0.717, 1.165) is 41.4 Å². The Hall–Kier alpha value is -1.33. The van der Waals surface area contributed by atoms with Crippen molar-refractivity contribution in [3.05, 3.63) is 40.1 Å². The first-order chi connectivity index (χ1) is 9.63. The number of nitrogens with one attached hydrogen (secondary N) is 1. The largest absolute Gasteiger partial charge is 0.385 e. The molecule has 0 unspecified atom stereocenters. The van der Waals surface area contributed by atoms with E-state index in [2.05, 4.69) is 55.9 Å². The first-order valence-electron chi connectivity index (χ1n) is 6.67. The van der Waals surface area contributed by atoms with E-state index < -0.39 is 0 Å². The van der Waals surface area contributed by atoms with Gasteiger partial charge < -0.3 is 10.1 Å². The van der Waals surface area contributed by atoms with Gasteiger partial charge in [0, 0.05) is 30.9 Å². The standard InChI is InChI=1S/C15H20BrN3O/c1-11-6-4-7-13(14(11)16)19-10-12(2)18-15(19)17-8-5-9-20-3/h4,6-7,10H,5,8-9H2,1-3H3,(H,17,18). The van der Waals surface area contributed by atoms with Crippen molar-refractivity contribution in [1.82, 2.24) is 9.55 Å². The highest BCUT2D eigenvalue weighted by Crippen LogP contribution is 2.27. The maximum atomic E-state index is 5.06. The molecule has 20 heavy (non-hydrogen) atoms. The monoisotopic (exact) mass is 337 g/mol. The summed E-state index contributed by atoms with van der Waals surface area (Å²) >= 11 is 3.66. The van der Waals surface area contributed by atoms with E-state index in [1.807, 2.05) is 13.1 Å². The summed E-state index contributed by atoms with van der Waals surface area (Å²) in [6.07, 6.45) is 3.00. The molecule has 0 radical (unpaired) electrons. The van der Waals surface area contributed by atoms with Gasteiger partial charge in [-0.15, -0.1) is 0 Å². The van der Waals surface area contributed by atoms with Gasteiger partial charge in [0.25, 0.3) is 0 Å². The van der Waals surface area contributed by atoms with Crippen LogP contribution in [-0.4, -0.2) is 29.8 Å². The Morgan fingerprint density at radius 3 is 2.90 bits per heavy atom. The van der Waals surface area contributed by atoms with E-state index >= 15 is 0 Å². The van der Waals surface area contributed by atoms with E-state index in [-0.39, 0.29) is 0 Å². The van der Waals surface area contributed by atoms with Crippen LogP contribution in [-0.2, 0) is 4.74 Å². The zero-order chi connectivity index (χ0) is 14.5. The predicted molar refractivity (Wildman–Crippen MR) is 85.7 cm³/mol. The lowest BCUT2D eigenvalue weighted by Crippen LogP contribution is -2.09. The Morgan fingerprint density at radius 2 is 2.15 bits per heavy atom. The van der Waals surface area contributed by atoms with Gasteiger partial charge in [-0.3, -0.25) is 4.57 Å². The fourth-order valence-electron chi connectivity index (χ4n) is 2.04. The number of methoxy groups -OCH3 is 1. The third-order valence-corrected chi connectivity index (χ3v) is 4.10. The number of imidazole rings is 1. The molecular formula is C15H20BrN3O. The molecule has 0 amide bonds. The fraction of sp³-hybridized carbons (Fsp3) is 0.400. The van der Waals surface area contributed by atoms with Crippen LogP contribution in [0, 0.1) is 13.8 Å². The van der Waals surface area contributed by atoms with Gasteiger partial charge in [0.15, 0.2) is 0 Å². The quantitative estimate of drug-likeness (QED) is 0.817. The van der Waals surface area contributed by atoms with Crippen molar-refractivity contribution in [3.63, 3.8) is 0 Å². The van der Waals surface area contributed by atoms with Crippen LogP contribution in [0.3, 0.4) is 0 Å². The Labute approximate surface area is 128 Å². The average Bonchev–Trinajstić information content (AvgIpc) is 2.79. The van der Waals surface area contributed by atoms with Gasteiger partial charge in [-0.2, -0.15) is 0 Å². The lowest BCUT2D eigenvalue weighted by atomic mass is 10.2. The fourth-order valence-corrected chi connectivity index (χ4v) is 2.50. The minimum absolute atomic E-state index is 0.751. The molecular weight excluding hydrogens is 318 g/mol. The number of rotatable bonds is 6. The summed E-state index contributed by atoms with van der Waals surface area (Å²) in [6.45, 7) is 5.68. The molecule has 0 fully saturated rings. The number of anilines is 1. The van der Waals surface area contributed by atoms with Gasteiger partial charge in [-0.25, -0.2) is 4.98 Å². The van der Waals surface area contributed by atoms with Crippen LogP contribution in [0.4, 0.5) is 5.95 Å². The molecule has 2 aromatic rings. The van der Waals surface area contributed by atoms with Crippen LogP contribution in [0.25, 0.3) is 5.69 Å². The predicted octanol–water partition coefficient (Wildman–Crippen LogP) is 3.70. The number of aryl methyl sites for hydroxylation is 2. The molecule has 1 aromatic heterocycles. The smallest absolute Gasteiger partial charge is 0.207 e. The van der Waals surface area contributed by atoms with Crippen molar-refractivity contribution in [2.75, 3.05) is 25.6 Å². The van der Waals surface area contributed by atoms with Gasteiger partial charge in [0.2, 0.25) is 5.95 Å². The summed E-state index contributed by atoms with van der Waals surface area (Å²) in [6, 6.07) is 6.22. The van der Waals surface area contributed by atoms with Gasteiger partial charge in [0.05, 0.1) is 11.4 Å². The minimum Gasteiger partial charge on any atom is -0.385 e. The second-order valence-corrected chi connectivity index (χ2v) is 5.55. The molecule has 5 heteroatoms. The third-order valence-electron chi connectivity index (χ3n) is 3.07. The van der Waals surface area contributed by atoms with Crippen molar-refractivity contribution >= 4 is 21.9 Å². The van der Waals surface area contributed by atoms with Crippen LogP contribution < -0.4 is 5.32 Å². The Kier molecular flexibility index (Phi) is 5.20. The topological polar surface area (TPSA) is 39.1 Å². The number of aromatic nitrogens is 2. The third kappa shape index (κ3) is 3.41. The van der Waals surface area contributed by atoms with E-state index in [9.17, 15) is 0 Å². The van der Waals surface area contributed by atoms with Gasteiger partial charge in [-0.1, -0.05) is 12.1 Å². The molecule has 2 rings (SSSR count). The Balaban J connectivity index is 2.25. The molecule has 0 bridgehead atoms. The number of halogens is 1. The molecule has 0 atom stereocenters. The lowest BCUT2D eigenvalue weighted by molar-refractivity contribution is 0.197. The molecule has 1 aromatic carbocycles. The zero-order valence-electron chi connectivity index (χ0n) is 12.1. The minimum atomic E-state index is 0.751. The highest BCUT2D eigenvalue weighted by Gasteiger charge is 2.10. The molecule has 0 spiro atoms. The average molecular weight is 338 g/mol. The second-order valence-electron chi connectivity index (χ2n) is 4.76. The molecule has 1 N–H and O–H groups in total. The van der Waals surface area contributed by atoms with Crippen LogP contribution in [0.2, 0.25) is 0 Å². The number of hydrogen-bond acceptors (Lipinski definition) is 3. The van der Waals surface area contributed by atoms with Crippen molar-refractivity contribution < 1.29 is 4.74 Å². The van der Waals surface area contributed by atoms with Crippen molar-refractivity contribution in [1.29, 1.82) is 0 Å². The summed E-state index contributed by atoms with van der Waals surface area (Å²) in [7, 11) is 1.72. The molecule has 0 aliphatic heterocycles. The molecule has 0 saturated heterocycles. The van der Waals surface area contributed by atoms with E-state index in [1.54, 1.807) is 7.11 Å². The van der Waals surface area contributed by atoms with Gasteiger partial charge in [-0.05, 0) is 47.8 Å². The SMILES string of the molecule is COCCCNc1nc(C)cn1-c1cccc(C)c1Br. The summed E-state index contributed by atoms with van der Waals surface area (Å²) in [4.78, 5) is 4.55. The van der Waals surface area contributed by atoms with E-state index in [1.165, 1.54) is 5.56 Å². The second kappa shape index (κ2) is 6.90. The normalized spacial score (nSPS) is 10.8. The van der Waals surface area contributed by atoms with Crippen molar-refractivity contribution in [2.45, 2.75) is 20.3 Å². The van der Waals surface area contributed by atoms with Crippen molar-refractivity contribution in [3.8, 4) is 5.69 Å². The first kappa shape index (κ1) is 15.1. The number of ether oxygens (including phenoxy) is 1. The summed E-state index contributed by atoms with van der Waals surface area (Å²) in [5.74, 6) is 0.866. The molecule has 4 nitrogen and oxygen atoms in total. The highest BCUT2D eigenvalue weighted by atomic mass is 79.9. The maximum absolute atomic E-state index is 5.06. The Bertz CT molecular complexity index is 580. The van der Waals surface area contributed by atoms with E-state index in [0.29, 0.717) is 0 Å². The number of nitrogens with zero attached hydrogens (tertiary/aromatic N) is 2. The zero-order valence-corrected chi connectivity index (χ0v) is 13.7. The highest BCUT2D eigenvalue weighted by molar-refractivity contribution is 9.10. The van der Waals surface area contributed by atoms with Gasteiger partial charge in [0.1, 0.15) is 0 Å². The summed E-state index contributed by atoms with van der Waals surface area (Å²) in [5.41, 5.74) is 3.30. The number of benzene rings is 1. The summed E-state index contributed by atoms with van der Waals surface area (Å²) in [5, 5.41) is 3.37. The molecule has 108 valence electrons. The van der Waals surface area contributed by atoms with Crippen LogP contribution >= 0.6 is 15.9 Å². The number of hydrogen-bond donors (Lipinski definition) is 1. The van der Waals surface area contributed by atoms with Crippen LogP contribution in [0.1, 0.15) is 17.7 Å². The maximum Gasteiger partial charge on any atom is 0.207 e. The van der Waals surface area contributed by atoms with Crippen LogP contribution in [0.5, 0.6) is 0 Å². The molecule has 1 heterocycles. The molecule has 0 aliphatic rings. The van der Waals surface area contributed by atoms with Crippen molar-refractivity contribution in [2.24, 2.45) is 0 Å². The lowest BCUT2D eigenvalue weighted by Gasteiger charge is -2.12. The summed E-state index contributed by atoms with van der Waals surface area (Å²) < 4.78 is 8.24. The van der Waals surface area contributed by atoms with Crippen LogP contribution in [0.15, 0.2) is 28.9 Å². The molecule has 0 aliphatic carbocycles. The van der Waals surface area contributed by atoms with E-state index in [4.69, 9.17) is 4.74 Å².